The van der Waals surface area contributed by atoms with Gasteiger partial charge in [-0.2, -0.15) is 0 Å². The maximum Gasteiger partial charge on any atom is 0.325 e. The second-order valence-corrected chi connectivity index (χ2v) is 4.33. The summed E-state index contributed by atoms with van der Waals surface area (Å²) < 4.78 is 17.6. The van der Waals surface area contributed by atoms with Crippen molar-refractivity contribution >= 4 is 5.97 Å². The van der Waals surface area contributed by atoms with Crippen LogP contribution in [-0.4, -0.2) is 18.1 Å². The molecule has 1 aromatic carbocycles. The summed E-state index contributed by atoms with van der Waals surface area (Å²) in [4.78, 5) is 11.6. The highest BCUT2D eigenvalue weighted by Crippen LogP contribution is 2.08. The molecule has 1 N–H and O–H groups in total. The van der Waals surface area contributed by atoms with E-state index in [2.05, 4.69) is 5.32 Å². The first-order valence-corrected chi connectivity index (χ1v) is 5.62. The first kappa shape index (κ1) is 13.6. The minimum atomic E-state index is -0.746. The van der Waals surface area contributed by atoms with E-state index in [0.29, 0.717) is 13.2 Å². The molecule has 1 aromatic rings. The average molecular weight is 239 g/mol. The van der Waals surface area contributed by atoms with Gasteiger partial charge in [0, 0.05) is 6.54 Å². The smallest absolute Gasteiger partial charge is 0.325 e. The fourth-order valence-electron chi connectivity index (χ4n) is 1.31. The van der Waals surface area contributed by atoms with E-state index in [9.17, 15) is 9.18 Å². The van der Waals surface area contributed by atoms with Gasteiger partial charge in [-0.05, 0) is 38.5 Å². The molecule has 0 fully saturated rings. The maximum atomic E-state index is 12.7. The number of benzene rings is 1. The molecule has 0 amide bonds. The van der Waals surface area contributed by atoms with Crippen LogP contribution in [0.1, 0.15) is 26.3 Å². The highest BCUT2D eigenvalue weighted by molar-refractivity contribution is 5.79. The number of carbonyl (C=O) groups is 1. The van der Waals surface area contributed by atoms with Crippen molar-refractivity contribution in [3.05, 3.63) is 35.6 Å². The fraction of sp³-hybridized carbons (Fsp3) is 0.462. The van der Waals surface area contributed by atoms with Gasteiger partial charge < -0.3 is 4.74 Å². The maximum absolute atomic E-state index is 12.7. The van der Waals surface area contributed by atoms with Crippen molar-refractivity contribution in [2.24, 2.45) is 0 Å². The lowest BCUT2D eigenvalue weighted by Crippen LogP contribution is -2.47. The number of hydrogen-bond acceptors (Lipinski definition) is 3. The van der Waals surface area contributed by atoms with Gasteiger partial charge in [0.15, 0.2) is 0 Å². The molecule has 0 saturated carbocycles. The van der Waals surface area contributed by atoms with Crippen molar-refractivity contribution in [1.29, 1.82) is 0 Å². The number of carbonyl (C=O) groups excluding carboxylic acids is 1. The molecule has 0 radical (unpaired) electrons. The van der Waals surface area contributed by atoms with Gasteiger partial charge in [-0.25, -0.2) is 4.39 Å². The van der Waals surface area contributed by atoms with Gasteiger partial charge in [0.05, 0.1) is 6.61 Å². The van der Waals surface area contributed by atoms with Gasteiger partial charge in [-0.3, -0.25) is 10.1 Å². The Kier molecular flexibility index (Phi) is 4.63. The zero-order valence-corrected chi connectivity index (χ0v) is 10.4. The second kappa shape index (κ2) is 5.77. The molecule has 0 heterocycles. The highest BCUT2D eigenvalue weighted by Gasteiger charge is 2.28. The molecule has 0 bridgehead atoms. The first-order chi connectivity index (χ1) is 7.95. The number of ether oxygens (including phenoxy) is 1. The Morgan fingerprint density at radius 2 is 1.94 bits per heavy atom. The van der Waals surface area contributed by atoms with Crippen molar-refractivity contribution in [2.45, 2.75) is 32.9 Å². The Bertz CT molecular complexity index is 374. The van der Waals surface area contributed by atoms with Crippen LogP contribution in [0.3, 0.4) is 0 Å². The topological polar surface area (TPSA) is 38.3 Å². The quantitative estimate of drug-likeness (QED) is 0.801. The van der Waals surface area contributed by atoms with E-state index in [1.54, 1.807) is 32.9 Å². The van der Waals surface area contributed by atoms with Crippen LogP contribution >= 0.6 is 0 Å². The summed E-state index contributed by atoms with van der Waals surface area (Å²) in [5.74, 6) is -0.555. The molecule has 4 heteroatoms. The van der Waals surface area contributed by atoms with E-state index >= 15 is 0 Å². The molecule has 0 unspecified atom stereocenters. The van der Waals surface area contributed by atoms with Crippen LogP contribution in [0.4, 0.5) is 4.39 Å². The molecule has 0 aliphatic rings. The van der Waals surface area contributed by atoms with Crippen LogP contribution in [0.15, 0.2) is 24.3 Å². The van der Waals surface area contributed by atoms with Crippen molar-refractivity contribution in [3.63, 3.8) is 0 Å². The van der Waals surface area contributed by atoms with Crippen LogP contribution in [-0.2, 0) is 16.1 Å². The molecule has 0 aliphatic heterocycles. The Hall–Kier alpha value is -1.42. The minimum Gasteiger partial charge on any atom is -0.465 e. The van der Waals surface area contributed by atoms with Gasteiger partial charge in [0.1, 0.15) is 11.4 Å². The molecule has 1 rings (SSSR count). The SMILES string of the molecule is CCOC(=O)C(C)(C)NCc1ccc(F)cc1. The molecule has 0 spiro atoms. The lowest BCUT2D eigenvalue weighted by molar-refractivity contribution is -0.149. The fourth-order valence-corrected chi connectivity index (χ4v) is 1.31. The molecule has 0 atom stereocenters. The van der Waals surface area contributed by atoms with Crippen molar-refractivity contribution in [1.82, 2.24) is 5.32 Å². The summed E-state index contributed by atoms with van der Waals surface area (Å²) in [5, 5.41) is 3.08. The lowest BCUT2D eigenvalue weighted by atomic mass is 10.1. The Morgan fingerprint density at radius 1 is 1.35 bits per heavy atom. The van der Waals surface area contributed by atoms with Crippen LogP contribution < -0.4 is 5.32 Å². The summed E-state index contributed by atoms with van der Waals surface area (Å²) >= 11 is 0. The zero-order valence-electron chi connectivity index (χ0n) is 10.4. The number of nitrogens with one attached hydrogen (secondary N) is 1. The van der Waals surface area contributed by atoms with Crippen LogP contribution in [0.25, 0.3) is 0 Å². The minimum absolute atomic E-state index is 0.265. The van der Waals surface area contributed by atoms with E-state index in [0.717, 1.165) is 5.56 Å². The van der Waals surface area contributed by atoms with Gasteiger partial charge in [-0.1, -0.05) is 12.1 Å². The first-order valence-electron chi connectivity index (χ1n) is 5.62. The molecule has 0 saturated heterocycles. The normalized spacial score (nSPS) is 11.3. The van der Waals surface area contributed by atoms with Crippen LogP contribution in [0.2, 0.25) is 0 Å². The van der Waals surface area contributed by atoms with E-state index in [1.807, 2.05) is 0 Å². The third kappa shape index (κ3) is 4.15. The molecular formula is C13H18FNO2. The summed E-state index contributed by atoms with van der Waals surface area (Å²) in [6.07, 6.45) is 0. The average Bonchev–Trinajstić information content (AvgIpc) is 2.29. The van der Waals surface area contributed by atoms with Crippen LogP contribution in [0.5, 0.6) is 0 Å². The largest absolute Gasteiger partial charge is 0.465 e. The Balaban J connectivity index is 2.54. The molecule has 0 aliphatic carbocycles. The number of halogens is 1. The zero-order chi connectivity index (χ0) is 12.9. The van der Waals surface area contributed by atoms with E-state index in [4.69, 9.17) is 4.74 Å². The summed E-state index contributed by atoms with van der Waals surface area (Å²) in [5.41, 5.74) is 0.175. The van der Waals surface area contributed by atoms with Gasteiger partial charge in [0.25, 0.3) is 0 Å². The summed E-state index contributed by atoms with van der Waals surface area (Å²) in [6, 6.07) is 6.16. The predicted octanol–water partition coefficient (Wildman–Crippen LogP) is 2.26. The van der Waals surface area contributed by atoms with Gasteiger partial charge in [-0.15, -0.1) is 0 Å². The predicted molar refractivity (Wildman–Crippen MR) is 64.0 cm³/mol. The lowest BCUT2D eigenvalue weighted by Gasteiger charge is -2.23. The number of rotatable bonds is 5. The van der Waals surface area contributed by atoms with Crippen molar-refractivity contribution in [2.75, 3.05) is 6.61 Å². The molecule has 17 heavy (non-hydrogen) atoms. The molecule has 0 aromatic heterocycles. The van der Waals surface area contributed by atoms with E-state index < -0.39 is 5.54 Å². The van der Waals surface area contributed by atoms with Crippen molar-refractivity contribution in [3.8, 4) is 0 Å². The Labute approximate surface area is 101 Å². The highest BCUT2D eigenvalue weighted by atomic mass is 19.1. The van der Waals surface area contributed by atoms with E-state index in [1.165, 1.54) is 12.1 Å². The second-order valence-electron chi connectivity index (χ2n) is 4.33. The van der Waals surface area contributed by atoms with Gasteiger partial charge >= 0.3 is 5.97 Å². The number of esters is 1. The van der Waals surface area contributed by atoms with Gasteiger partial charge in [0.2, 0.25) is 0 Å². The monoisotopic (exact) mass is 239 g/mol. The molecule has 94 valence electrons. The van der Waals surface area contributed by atoms with Crippen molar-refractivity contribution < 1.29 is 13.9 Å². The standard InChI is InChI=1S/C13H18FNO2/c1-4-17-12(16)13(2,3)15-9-10-5-7-11(14)8-6-10/h5-8,15H,4,9H2,1-3H3. The van der Waals surface area contributed by atoms with E-state index in [-0.39, 0.29) is 11.8 Å². The third-order valence-electron chi connectivity index (χ3n) is 2.43. The summed E-state index contributed by atoms with van der Waals surface area (Å²) in [7, 11) is 0. The third-order valence-corrected chi connectivity index (χ3v) is 2.43. The van der Waals surface area contributed by atoms with Crippen LogP contribution in [0, 0.1) is 5.82 Å². The molecule has 3 nitrogen and oxygen atoms in total. The summed E-state index contributed by atoms with van der Waals surface area (Å²) in [6.45, 7) is 6.14. The Morgan fingerprint density at radius 3 is 2.47 bits per heavy atom. The molecular weight excluding hydrogens is 221 g/mol. The number of hydrogen-bond donors (Lipinski definition) is 1.